The largest absolute Gasteiger partial charge is 0.379 e. The molecule has 2 heterocycles. The maximum atomic E-state index is 11.0. The number of carbonyl (C=O) groups excluding carboxylic acids is 1. The third-order valence-corrected chi connectivity index (χ3v) is 3.04. The third-order valence-electron chi connectivity index (χ3n) is 3.04. The van der Waals surface area contributed by atoms with Crippen molar-refractivity contribution in [2.75, 3.05) is 0 Å². The Morgan fingerprint density at radius 3 is 2.71 bits per heavy atom. The second kappa shape index (κ2) is 3.49. The molecular weight excluding hydrogens is 184 g/mol. The van der Waals surface area contributed by atoms with Crippen molar-refractivity contribution >= 4 is 5.91 Å². The Morgan fingerprint density at radius 1 is 1.57 bits per heavy atom. The van der Waals surface area contributed by atoms with Crippen molar-refractivity contribution in [3.63, 3.8) is 0 Å². The summed E-state index contributed by atoms with van der Waals surface area (Å²) in [7, 11) is 0. The topological polar surface area (TPSA) is 84.6 Å². The molecule has 0 aromatic carbocycles. The second-order valence-corrected chi connectivity index (χ2v) is 4.14. The van der Waals surface area contributed by atoms with Crippen molar-refractivity contribution in [3.8, 4) is 0 Å². The number of nitrogens with one attached hydrogen (secondary N) is 1. The summed E-state index contributed by atoms with van der Waals surface area (Å²) < 4.78 is 5.59. The highest BCUT2D eigenvalue weighted by atomic mass is 16.5. The quantitative estimate of drug-likeness (QED) is 0.507. The van der Waals surface area contributed by atoms with Crippen LogP contribution in [0.3, 0.4) is 0 Å². The van der Waals surface area contributed by atoms with Crippen LogP contribution in [0.2, 0.25) is 0 Å². The maximum Gasteiger partial charge on any atom is 0.223 e. The highest BCUT2D eigenvalue weighted by molar-refractivity contribution is 5.77. The molecule has 0 aromatic rings. The molecule has 2 rings (SSSR count). The summed E-state index contributed by atoms with van der Waals surface area (Å²) in [5.74, 6) is -0.403. The molecule has 0 saturated carbocycles. The van der Waals surface area contributed by atoms with E-state index in [2.05, 4.69) is 5.32 Å². The van der Waals surface area contributed by atoms with E-state index >= 15 is 0 Å². The number of hydrogen-bond donors (Lipinski definition) is 3. The Bertz CT molecular complexity index is 244. The van der Waals surface area contributed by atoms with Gasteiger partial charge in [0, 0.05) is 6.04 Å². The first-order valence-corrected chi connectivity index (χ1v) is 4.97. The second-order valence-electron chi connectivity index (χ2n) is 4.14. The number of aliphatic hydroxyl groups excluding tert-OH is 1. The predicted molar refractivity (Wildman–Crippen MR) is 49.2 cm³/mol. The Labute approximate surface area is 82.6 Å². The molecule has 0 radical (unpaired) electrons. The molecule has 2 aliphatic rings. The number of aliphatic hydroxyl groups is 1. The van der Waals surface area contributed by atoms with E-state index in [4.69, 9.17) is 15.6 Å². The molecule has 5 heteroatoms. The van der Waals surface area contributed by atoms with Gasteiger partial charge in [-0.1, -0.05) is 0 Å². The Morgan fingerprint density at radius 2 is 2.29 bits per heavy atom. The molecule has 5 unspecified atom stereocenters. The maximum absolute atomic E-state index is 11.0. The molecule has 0 aliphatic carbocycles. The molecule has 0 aromatic heterocycles. The molecule has 5 atom stereocenters. The summed E-state index contributed by atoms with van der Waals surface area (Å²) >= 11 is 0. The van der Waals surface area contributed by atoms with Crippen LogP contribution in [0, 0.1) is 5.92 Å². The Hall–Kier alpha value is -0.650. The smallest absolute Gasteiger partial charge is 0.223 e. The number of fused-ring (bicyclic) bond motifs is 2. The van der Waals surface area contributed by atoms with Crippen LogP contribution >= 0.6 is 0 Å². The lowest BCUT2D eigenvalue weighted by molar-refractivity contribution is -0.123. The molecule has 2 fully saturated rings. The van der Waals surface area contributed by atoms with Crippen molar-refractivity contribution in [2.45, 2.75) is 44.2 Å². The molecule has 2 saturated heterocycles. The minimum absolute atomic E-state index is 0.0344. The fraction of sp³-hybridized carbons (Fsp3) is 0.889. The van der Waals surface area contributed by atoms with Gasteiger partial charge in [0.1, 0.15) is 6.23 Å². The minimum atomic E-state index is -0.532. The monoisotopic (exact) mass is 200 g/mol. The van der Waals surface area contributed by atoms with Crippen LogP contribution in [-0.4, -0.2) is 35.5 Å². The van der Waals surface area contributed by atoms with Gasteiger partial charge >= 0.3 is 0 Å². The standard InChI is InChI=1S/C9H16N2O3/c1-4(12)11-6-3-7-5(9(10)13)2-8(6)14-7/h4-8,11-12H,2-3H2,1H3,(H2,10,13). The zero-order chi connectivity index (χ0) is 10.3. The minimum Gasteiger partial charge on any atom is -0.379 e. The van der Waals surface area contributed by atoms with Gasteiger partial charge in [0.2, 0.25) is 5.91 Å². The van der Waals surface area contributed by atoms with Gasteiger partial charge in [-0.25, -0.2) is 0 Å². The van der Waals surface area contributed by atoms with E-state index in [9.17, 15) is 4.79 Å². The van der Waals surface area contributed by atoms with Gasteiger partial charge in [-0.2, -0.15) is 0 Å². The van der Waals surface area contributed by atoms with Crippen molar-refractivity contribution < 1.29 is 14.6 Å². The van der Waals surface area contributed by atoms with Crippen LogP contribution in [-0.2, 0) is 9.53 Å². The average molecular weight is 200 g/mol. The van der Waals surface area contributed by atoms with E-state index in [-0.39, 0.29) is 30.1 Å². The van der Waals surface area contributed by atoms with Crippen molar-refractivity contribution in [2.24, 2.45) is 11.7 Å². The van der Waals surface area contributed by atoms with Gasteiger partial charge < -0.3 is 15.6 Å². The van der Waals surface area contributed by atoms with Crippen molar-refractivity contribution in [3.05, 3.63) is 0 Å². The third kappa shape index (κ3) is 1.63. The van der Waals surface area contributed by atoms with Gasteiger partial charge in [0.25, 0.3) is 0 Å². The summed E-state index contributed by atoms with van der Waals surface area (Å²) in [6.07, 6.45) is 0.906. The van der Waals surface area contributed by atoms with E-state index in [1.807, 2.05) is 0 Å². The summed E-state index contributed by atoms with van der Waals surface area (Å²) in [5.41, 5.74) is 5.24. The SMILES string of the molecule is CC(O)NC1CC2OC1CC2C(N)=O. The van der Waals surface area contributed by atoms with Gasteiger partial charge in [-0.05, 0) is 19.8 Å². The number of nitrogens with two attached hydrogens (primary N) is 1. The van der Waals surface area contributed by atoms with Gasteiger partial charge in [-0.3, -0.25) is 10.1 Å². The molecule has 0 spiro atoms. The van der Waals surface area contributed by atoms with E-state index in [1.54, 1.807) is 6.92 Å². The Balaban J connectivity index is 1.93. The van der Waals surface area contributed by atoms with Crippen LogP contribution in [0.25, 0.3) is 0 Å². The molecule has 14 heavy (non-hydrogen) atoms. The van der Waals surface area contributed by atoms with Crippen LogP contribution in [0.5, 0.6) is 0 Å². The van der Waals surface area contributed by atoms with Crippen molar-refractivity contribution in [1.29, 1.82) is 0 Å². The fourth-order valence-corrected chi connectivity index (χ4v) is 2.44. The number of primary amides is 1. The number of hydrogen-bond acceptors (Lipinski definition) is 4. The normalized spacial score (nSPS) is 42.7. The van der Waals surface area contributed by atoms with E-state index in [0.717, 1.165) is 6.42 Å². The lowest BCUT2D eigenvalue weighted by Gasteiger charge is -2.24. The number of amides is 1. The summed E-state index contributed by atoms with van der Waals surface area (Å²) in [6, 6.07) is 0.163. The van der Waals surface area contributed by atoms with Gasteiger partial charge in [0.05, 0.1) is 18.1 Å². The van der Waals surface area contributed by atoms with Crippen molar-refractivity contribution in [1.82, 2.24) is 5.32 Å². The molecular formula is C9H16N2O3. The molecule has 2 aliphatic heterocycles. The zero-order valence-electron chi connectivity index (χ0n) is 8.14. The highest BCUT2D eigenvalue weighted by Gasteiger charge is 2.49. The lowest BCUT2D eigenvalue weighted by atomic mass is 9.85. The first kappa shape index (κ1) is 9.89. The summed E-state index contributed by atoms with van der Waals surface area (Å²) in [6.45, 7) is 1.68. The van der Waals surface area contributed by atoms with Crippen LogP contribution in [0.4, 0.5) is 0 Å². The van der Waals surface area contributed by atoms with Crippen LogP contribution < -0.4 is 11.1 Å². The van der Waals surface area contributed by atoms with E-state index in [1.165, 1.54) is 0 Å². The molecule has 1 amide bonds. The number of carbonyl (C=O) groups is 1. The first-order valence-electron chi connectivity index (χ1n) is 4.97. The summed E-state index contributed by atoms with van der Waals surface area (Å²) in [5, 5.41) is 12.2. The lowest BCUT2D eigenvalue weighted by Crippen LogP contribution is -2.45. The van der Waals surface area contributed by atoms with E-state index < -0.39 is 6.23 Å². The number of rotatable bonds is 3. The zero-order valence-corrected chi connectivity index (χ0v) is 8.14. The van der Waals surface area contributed by atoms with Gasteiger partial charge in [-0.15, -0.1) is 0 Å². The number of ether oxygens (including phenoxy) is 1. The summed E-state index contributed by atoms with van der Waals surface area (Å²) in [4.78, 5) is 11.0. The average Bonchev–Trinajstić information content (AvgIpc) is 2.60. The molecule has 5 nitrogen and oxygen atoms in total. The van der Waals surface area contributed by atoms with Gasteiger partial charge in [0.15, 0.2) is 0 Å². The fourth-order valence-electron chi connectivity index (χ4n) is 2.44. The van der Waals surface area contributed by atoms with Crippen LogP contribution in [0.15, 0.2) is 0 Å². The van der Waals surface area contributed by atoms with E-state index in [0.29, 0.717) is 6.42 Å². The first-order chi connectivity index (χ1) is 6.58. The Kier molecular flexibility index (Phi) is 2.47. The predicted octanol–water partition coefficient (Wildman–Crippen LogP) is -1.05. The molecule has 2 bridgehead atoms. The molecule has 80 valence electrons. The highest BCUT2D eigenvalue weighted by Crippen LogP contribution is 2.38. The van der Waals surface area contributed by atoms with Crippen LogP contribution in [0.1, 0.15) is 19.8 Å². The molecule has 4 N–H and O–H groups in total.